The number of hydrogen-bond acceptors (Lipinski definition) is 3. The number of rotatable bonds is 4. The van der Waals surface area contributed by atoms with E-state index in [0.29, 0.717) is 19.1 Å². The van der Waals surface area contributed by atoms with Gasteiger partial charge in [0.1, 0.15) is 0 Å². The summed E-state index contributed by atoms with van der Waals surface area (Å²) < 4.78 is 0. The lowest BCUT2D eigenvalue weighted by Crippen LogP contribution is -2.45. The molecule has 2 aliphatic rings. The Balaban J connectivity index is 1.50. The molecule has 1 saturated carbocycles. The second kappa shape index (κ2) is 9.55. The van der Waals surface area contributed by atoms with Crippen LogP contribution in [0.15, 0.2) is 24.3 Å². The van der Waals surface area contributed by atoms with Gasteiger partial charge in [0.25, 0.3) is 5.91 Å². The molecule has 5 nitrogen and oxygen atoms in total. The van der Waals surface area contributed by atoms with Gasteiger partial charge in [0.05, 0.1) is 6.54 Å². The van der Waals surface area contributed by atoms with Crippen LogP contribution in [0.3, 0.4) is 0 Å². The first-order chi connectivity index (χ1) is 13.4. The third-order valence-corrected chi connectivity index (χ3v) is 6.43. The van der Waals surface area contributed by atoms with Crippen LogP contribution in [-0.4, -0.2) is 72.3 Å². The van der Waals surface area contributed by atoms with Gasteiger partial charge >= 0.3 is 0 Å². The molecule has 0 aromatic heterocycles. The van der Waals surface area contributed by atoms with Gasteiger partial charge in [-0.05, 0) is 57.1 Å². The van der Waals surface area contributed by atoms with E-state index in [0.717, 1.165) is 55.9 Å². The zero-order valence-corrected chi connectivity index (χ0v) is 17.7. The van der Waals surface area contributed by atoms with Crippen LogP contribution in [0.25, 0.3) is 0 Å². The minimum atomic E-state index is 0.102. The first-order valence-electron chi connectivity index (χ1n) is 10.8. The summed E-state index contributed by atoms with van der Waals surface area (Å²) in [5, 5.41) is 0. The number of aryl methyl sites for hydroxylation is 1. The second-order valence-electron chi connectivity index (χ2n) is 8.71. The van der Waals surface area contributed by atoms with E-state index in [9.17, 15) is 9.59 Å². The van der Waals surface area contributed by atoms with Crippen LogP contribution in [0.2, 0.25) is 0 Å². The van der Waals surface area contributed by atoms with Gasteiger partial charge in [-0.15, -0.1) is 0 Å². The first-order valence-corrected chi connectivity index (χ1v) is 10.8. The molecular weight excluding hydrogens is 350 g/mol. The molecule has 1 aliphatic heterocycles. The van der Waals surface area contributed by atoms with Crippen molar-refractivity contribution in [1.82, 2.24) is 14.7 Å². The highest BCUT2D eigenvalue weighted by atomic mass is 16.2. The summed E-state index contributed by atoms with van der Waals surface area (Å²) in [6, 6.07) is 8.19. The standard InChI is InChI=1S/C23H35N3O2/c1-18-8-10-21(11-9-18)24(3)22(27)17-25-12-5-13-26(15-14-25)23(28)20-7-4-6-19(2)16-20/h4,6-7,16,18,21H,5,8-15,17H2,1-3H3. The van der Waals surface area contributed by atoms with Crippen molar-refractivity contribution in [3.8, 4) is 0 Å². The molecule has 1 aromatic rings. The van der Waals surface area contributed by atoms with Crippen LogP contribution in [0, 0.1) is 12.8 Å². The number of carbonyl (C=O) groups excluding carboxylic acids is 2. The average Bonchev–Trinajstić information content (AvgIpc) is 2.93. The van der Waals surface area contributed by atoms with Gasteiger partial charge in [-0.2, -0.15) is 0 Å². The smallest absolute Gasteiger partial charge is 0.253 e. The summed E-state index contributed by atoms with van der Waals surface area (Å²) in [5.41, 5.74) is 1.86. The molecule has 0 radical (unpaired) electrons. The summed E-state index contributed by atoms with van der Waals surface area (Å²) in [6.07, 6.45) is 5.61. The van der Waals surface area contributed by atoms with Gasteiger partial charge in [-0.25, -0.2) is 0 Å². The molecule has 0 spiro atoms. The van der Waals surface area contributed by atoms with E-state index in [4.69, 9.17) is 0 Å². The SMILES string of the molecule is Cc1cccc(C(=O)N2CCCN(CC(=O)N(C)C3CCC(C)CC3)CC2)c1. The van der Waals surface area contributed by atoms with Gasteiger partial charge in [0, 0.05) is 44.8 Å². The van der Waals surface area contributed by atoms with Gasteiger partial charge in [0.15, 0.2) is 0 Å². The third kappa shape index (κ3) is 5.34. The van der Waals surface area contributed by atoms with Crippen molar-refractivity contribution in [1.29, 1.82) is 0 Å². The topological polar surface area (TPSA) is 43.9 Å². The number of carbonyl (C=O) groups is 2. The second-order valence-corrected chi connectivity index (χ2v) is 8.71. The first kappa shape index (κ1) is 20.8. The highest BCUT2D eigenvalue weighted by molar-refractivity contribution is 5.94. The van der Waals surface area contributed by atoms with E-state index in [-0.39, 0.29) is 11.8 Å². The molecule has 1 saturated heterocycles. The highest BCUT2D eigenvalue weighted by Crippen LogP contribution is 2.26. The molecular formula is C23H35N3O2. The molecule has 3 rings (SSSR count). The van der Waals surface area contributed by atoms with Crippen LogP contribution in [-0.2, 0) is 4.79 Å². The quantitative estimate of drug-likeness (QED) is 0.800. The fourth-order valence-corrected chi connectivity index (χ4v) is 4.43. The fraction of sp³-hybridized carbons (Fsp3) is 0.652. The Labute approximate surface area is 169 Å². The van der Waals surface area contributed by atoms with Crippen molar-refractivity contribution in [2.24, 2.45) is 5.92 Å². The molecule has 1 aliphatic carbocycles. The van der Waals surface area contributed by atoms with Crippen LogP contribution in [0.4, 0.5) is 0 Å². The molecule has 1 heterocycles. The monoisotopic (exact) mass is 385 g/mol. The summed E-state index contributed by atoms with van der Waals surface area (Å²) in [5.74, 6) is 1.12. The van der Waals surface area contributed by atoms with E-state index >= 15 is 0 Å². The molecule has 0 atom stereocenters. The lowest BCUT2D eigenvalue weighted by Gasteiger charge is -2.34. The van der Waals surface area contributed by atoms with E-state index in [1.165, 1.54) is 12.8 Å². The Kier molecular flexibility index (Phi) is 7.11. The largest absolute Gasteiger partial charge is 0.342 e. The Bertz CT molecular complexity index is 682. The summed E-state index contributed by atoms with van der Waals surface area (Å²) in [7, 11) is 1.97. The Hall–Kier alpha value is -1.88. The van der Waals surface area contributed by atoms with Crippen molar-refractivity contribution in [3.63, 3.8) is 0 Å². The van der Waals surface area contributed by atoms with E-state index in [1.54, 1.807) is 0 Å². The van der Waals surface area contributed by atoms with Gasteiger partial charge < -0.3 is 9.80 Å². The maximum Gasteiger partial charge on any atom is 0.253 e. The number of amides is 2. The van der Waals surface area contributed by atoms with Crippen LogP contribution in [0.5, 0.6) is 0 Å². The minimum Gasteiger partial charge on any atom is -0.342 e. The normalized spacial score (nSPS) is 23.9. The molecule has 0 unspecified atom stereocenters. The van der Waals surface area contributed by atoms with Gasteiger partial charge in [-0.1, -0.05) is 24.6 Å². The highest BCUT2D eigenvalue weighted by Gasteiger charge is 2.27. The van der Waals surface area contributed by atoms with E-state index in [2.05, 4.69) is 11.8 Å². The zero-order chi connectivity index (χ0) is 20.1. The van der Waals surface area contributed by atoms with Gasteiger partial charge in [-0.3, -0.25) is 14.5 Å². The van der Waals surface area contributed by atoms with Crippen LogP contribution >= 0.6 is 0 Å². The van der Waals surface area contributed by atoms with Crippen LogP contribution in [0.1, 0.15) is 54.9 Å². The maximum atomic E-state index is 12.8. The molecule has 5 heteroatoms. The maximum absolute atomic E-state index is 12.8. The zero-order valence-electron chi connectivity index (χ0n) is 17.7. The molecule has 1 aromatic carbocycles. The Morgan fingerprint density at radius 2 is 1.82 bits per heavy atom. The summed E-state index contributed by atoms with van der Waals surface area (Å²) >= 11 is 0. The molecule has 154 valence electrons. The third-order valence-electron chi connectivity index (χ3n) is 6.43. The molecule has 2 fully saturated rings. The molecule has 0 bridgehead atoms. The number of benzene rings is 1. The van der Waals surface area contributed by atoms with Gasteiger partial charge in [0.2, 0.25) is 5.91 Å². The average molecular weight is 386 g/mol. The summed E-state index contributed by atoms with van der Waals surface area (Å²) in [4.78, 5) is 31.7. The number of nitrogens with zero attached hydrogens (tertiary/aromatic N) is 3. The van der Waals surface area contributed by atoms with Crippen molar-refractivity contribution in [2.75, 3.05) is 39.8 Å². The lowest BCUT2D eigenvalue weighted by atomic mass is 9.87. The van der Waals surface area contributed by atoms with E-state index < -0.39 is 0 Å². The predicted octanol–water partition coefficient (Wildman–Crippen LogP) is 3.18. The predicted molar refractivity (Wildman–Crippen MR) is 112 cm³/mol. The summed E-state index contributed by atoms with van der Waals surface area (Å²) in [6.45, 7) is 7.86. The van der Waals surface area contributed by atoms with Crippen molar-refractivity contribution >= 4 is 11.8 Å². The molecule has 0 N–H and O–H groups in total. The number of hydrogen-bond donors (Lipinski definition) is 0. The fourth-order valence-electron chi connectivity index (χ4n) is 4.43. The Morgan fingerprint density at radius 3 is 2.54 bits per heavy atom. The lowest BCUT2D eigenvalue weighted by molar-refractivity contribution is -0.133. The van der Waals surface area contributed by atoms with Crippen molar-refractivity contribution in [3.05, 3.63) is 35.4 Å². The van der Waals surface area contributed by atoms with E-state index in [1.807, 2.05) is 48.0 Å². The molecule has 2 amide bonds. The molecule has 28 heavy (non-hydrogen) atoms. The Morgan fingerprint density at radius 1 is 1.07 bits per heavy atom. The van der Waals surface area contributed by atoms with Crippen LogP contribution < -0.4 is 0 Å². The number of likely N-dealkylation sites (N-methyl/N-ethyl adjacent to an activating group) is 1. The van der Waals surface area contributed by atoms with Crippen molar-refractivity contribution in [2.45, 2.75) is 52.0 Å². The van der Waals surface area contributed by atoms with Crippen molar-refractivity contribution < 1.29 is 9.59 Å². The minimum absolute atomic E-state index is 0.102.